The van der Waals surface area contributed by atoms with Gasteiger partial charge in [0.25, 0.3) is 0 Å². The second-order valence-electron chi connectivity index (χ2n) is 14.0. The Labute approximate surface area is 327 Å². The van der Waals surface area contributed by atoms with Gasteiger partial charge in [-0.25, -0.2) is 0 Å². The predicted molar refractivity (Wildman–Crippen MR) is 241 cm³/mol. The molecule has 55 heavy (non-hydrogen) atoms. The van der Waals surface area contributed by atoms with Crippen LogP contribution in [0.15, 0.2) is 200 Å². The third-order valence-electron chi connectivity index (χ3n) is 10.9. The van der Waals surface area contributed by atoms with Crippen molar-refractivity contribution in [1.82, 2.24) is 0 Å². The Hall–Kier alpha value is -6.52. The van der Waals surface area contributed by atoms with Crippen LogP contribution in [-0.2, 0) is 0 Å². The fourth-order valence-corrected chi connectivity index (χ4v) is 10.7. The molecule has 2 heterocycles. The van der Waals surface area contributed by atoms with Gasteiger partial charge in [-0.15, -0.1) is 22.7 Å². The summed E-state index contributed by atoms with van der Waals surface area (Å²) in [5, 5.41) is 7.75. The molecule has 258 valence electrons. The van der Waals surface area contributed by atoms with Gasteiger partial charge in [0, 0.05) is 46.9 Å². The van der Waals surface area contributed by atoms with Crippen LogP contribution in [0.2, 0.25) is 0 Å². The summed E-state index contributed by atoms with van der Waals surface area (Å²) in [4.78, 5) is 2.47. The number of hydrogen-bond donors (Lipinski definition) is 0. The lowest BCUT2D eigenvalue weighted by Gasteiger charge is -2.28. The lowest BCUT2D eigenvalue weighted by atomic mass is 9.94. The summed E-state index contributed by atoms with van der Waals surface area (Å²) in [6.45, 7) is 0. The molecule has 0 fully saturated rings. The van der Waals surface area contributed by atoms with Gasteiger partial charge in [0.15, 0.2) is 0 Å². The van der Waals surface area contributed by atoms with Crippen LogP contribution < -0.4 is 4.90 Å². The number of nitrogens with zero attached hydrogens (tertiary/aromatic N) is 1. The first kappa shape index (κ1) is 32.0. The highest BCUT2D eigenvalue weighted by Crippen LogP contribution is 2.48. The fourth-order valence-electron chi connectivity index (χ4n) is 8.37. The molecule has 0 amide bonds. The topological polar surface area (TPSA) is 3.24 Å². The van der Waals surface area contributed by atoms with E-state index < -0.39 is 0 Å². The minimum absolute atomic E-state index is 1.12. The number of thiophene rings is 2. The summed E-state index contributed by atoms with van der Waals surface area (Å²) in [6, 6.07) is 73.4. The van der Waals surface area contributed by atoms with E-state index in [1.165, 1.54) is 90.2 Å². The van der Waals surface area contributed by atoms with Crippen molar-refractivity contribution in [2.75, 3.05) is 4.90 Å². The van der Waals surface area contributed by atoms with E-state index in [0.717, 1.165) is 11.4 Å². The van der Waals surface area contributed by atoms with E-state index in [4.69, 9.17) is 0 Å². The van der Waals surface area contributed by atoms with Gasteiger partial charge in [-0.2, -0.15) is 0 Å². The van der Waals surface area contributed by atoms with Crippen LogP contribution in [0.3, 0.4) is 0 Å². The normalized spacial score (nSPS) is 11.6. The van der Waals surface area contributed by atoms with E-state index >= 15 is 0 Å². The average molecular weight is 736 g/mol. The molecule has 0 N–H and O–H groups in total. The molecule has 0 aliphatic heterocycles. The number of fused-ring (bicyclic) bond motifs is 7. The minimum atomic E-state index is 1.12. The second-order valence-corrected chi connectivity index (χ2v) is 16.2. The highest BCUT2D eigenvalue weighted by molar-refractivity contribution is 7.26. The third kappa shape index (κ3) is 5.35. The van der Waals surface area contributed by atoms with Crippen LogP contribution in [0.25, 0.3) is 84.5 Å². The summed E-state index contributed by atoms with van der Waals surface area (Å²) >= 11 is 3.74. The number of anilines is 3. The smallest absolute Gasteiger partial charge is 0.0640 e. The molecule has 0 bridgehead atoms. The van der Waals surface area contributed by atoms with Crippen LogP contribution in [0.4, 0.5) is 17.1 Å². The van der Waals surface area contributed by atoms with Crippen LogP contribution in [0.5, 0.6) is 0 Å². The maximum atomic E-state index is 2.47. The molecule has 3 heteroatoms. The van der Waals surface area contributed by atoms with E-state index in [0.29, 0.717) is 0 Å². The lowest BCUT2D eigenvalue weighted by Crippen LogP contribution is -2.11. The van der Waals surface area contributed by atoms with Crippen molar-refractivity contribution in [2.24, 2.45) is 0 Å². The van der Waals surface area contributed by atoms with Crippen LogP contribution in [0.1, 0.15) is 0 Å². The number of rotatable bonds is 6. The van der Waals surface area contributed by atoms with Gasteiger partial charge in [-0.1, -0.05) is 152 Å². The molecule has 11 aromatic rings. The zero-order chi connectivity index (χ0) is 36.3. The van der Waals surface area contributed by atoms with E-state index in [1.54, 1.807) is 0 Å². The molecule has 0 unspecified atom stereocenters. The highest BCUT2D eigenvalue weighted by Gasteiger charge is 2.22. The molecule has 9 aromatic carbocycles. The molecule has 0 spiro atoms. The average Bonchev–Trinajstić information content (AvgIpc) is 3.83. The summed E-state index contributed by atoms with van der Waals surface area (Å²) in [6.07, 6.45) is 0. The number of benzene rings is 9. The van der Waals surface area contributed by atoms with Gasteiger partial charge in [-0.3, -0.25) is 0 Å². The SMILES string of the molecule is c1cc(-c2ccccc2N(c2ccc(-c3cccc4sc5ccccc5c34)cc2)c2cccc3c2sc2ccccc23)cc(-c2cccc3ccccc23)c1. The highest BCUT2D eigenvalue weighted by atomic mass is 32.1. The van der Waals surface area contributed by atoms with Gasteiger partial charge in [0.2, 0.25) is 0 Å². The van der Waals surface area contributed by atoms with Crippen molar-refractivity contribution in [3.8, 4) is 33.4 Å². The lowest BCUT2D eigenvalue weighted by molar-refractivity contribution is 1.30. The zero-order valence-corrected chi connectivity index (χ0v) is 31.4. The molecule has 0 aliphatic carbocycles. The summed E-state index contributed by atoms with van der Waals surface area (Å²) in [5.74, 6) is 0. The van der Waals surface area contributed by atoms with Gasteiger partial charge >= 0.3 is 0 Å². The van der Waals surface area contributed by atoms with E-state index in [-0.39, 0.29) is 0 Å². The standard InChI is InChI=1S/C52H33NS2/c1-2-17-39-34(13-1)14-10-21-40(39)36-15-9-16-37(33-36)41-18-3-6-24-46(41)53(47-25-11-23-44-43-19-4-7-26-48(43)55-52(44)47)38-31-29-35(30-32-38)42-22-12-28-50-51(42)45-20-5-8-27-49(45)54-50/h1-33H. The Morgan fingerprint density at radius 1 is 0.327 bits per heavy atom. The second kappa shape index (κ2) is 13.1. The largest absolute Gasteiger partial charge is 0.308 e. The predicted octanol–water partition coefficient (Wildman–Crippen LogP) is 16.0. The van der Waals surface area contributed by atoms with E-state index in [2.05, 4.69) is 205 Å². The minimum Gasteiger partial charge on any atom is -0.308 e. The van der Waals surface area contributed by atoms with Crippen LogP contribution >= 0.6 is 22.7 Å². The maximum Gasteiger partial charge on any atom is 0.0640 e. The Morgan fingerprint density at radius 2 is 0.891 bits per heavy atom. The molecular formula is C52H33NS2. The number of para-hydroxylation sites is 1. The van der Waals surface area contributed by atoms with Crippen LogP contribution in [-0.4, -0.2) is 0 Å². The Morgan fingerprint density at radius 3 is 1.76 bits per heavy atom. The van der Waals surface area contributed by atoms with Crippen molar-refractivity contribution in [1.29, 1.82) is 0 Å². The molecule has 0 aliphatic rings. The fraction of sp³-hybridized carbons (Fsp3) is 0. The summed E-state index contributed by atoms with van der Waals surface area (Å²) in [5.41, 5.74) is 10.7. The van der Waals surface area contributed by atoms with Crippen molar-refractivity contribution >= 4 is 90.9 Å². The third-order valence-corrected chi connectivity index (χ3v) is 13.2. The van der Waals surface area contributed by atoms with Crippen molar-refractivity contribution in [2.45, 2.75) is 0 Å². The van der Waals surface area contributed by atoms with Crippen LogP contribution in [0, 0.1) is 0 Å². The first-order chi connectivity index (χ1) is 27.3. The first-order valence-electron chi connectivity index (χ1n) is 18.7. The molecule has 1 nitrogen and oxygen atoms in total. The molecule has 11 rings (SSSR count). The Balaban J connectivity index is 1.10. The Kier molecular flexibility index (Phi) is 7.61. The van der Waals surface area contributed by atoms with Gasteiger partial charge in [-0.05, 0) is 87.1 Å². The van der Waals surface area contributed by atoms with Gasteiger partial charge in [0.1, 0.15) is 0 Å². The summed E-state index contributed by atoms with van der Waals surface area (Å²) < 4.78 is 5.22. The number of hydrogen-bond acceptors (Lipinski definition) is 3. The Bertz CT molecular complexity index is 3220. The van der Waals surface area contributed by atoms with E-state index in [1.807, 2.05) is 22.7 Å². The van der Waals surface area contributed by atoms with Crippen molar-refractivity contribution < 1.29 is 0 Å². The monoisotopic (exact) mass is 735 g/mol. The molecule has 2 aromatic heterocycles. The first-order valence-corrected chi connectivity index (χ1v) is 20.3. The van der Waals surface area contributed by atoms with Crippen molar-refractivity contribution in [3.63, 3.8) is 0 Å². The summed E-state index contributed by atoms with van der Waals surface area (Å²) in [7, 11) is 0. The van der Waals surface area contributed by atoms with Gasteiger partial charge in [0.05, 0.1) is 16.1 Å². The van der Waals surface area contributed by atoms with E-state index in [9.17, 15) is 0 Å². The maximum absolute atomic E-state index is 2.47. The molecule has 0 saturated heterocycles. The molecule has 0 atom stereocenters. The van der Waals surface area contributed by atoms with Gasteiger partial charge < -0.3 is 4.90 Å². The quantitative estimate of drug-likeness (QED) is 0.164. The van der Waals surface area contributed by atoms with Crippen molar-refractivity contribution in [3.05, 3.63) is 200 Å². The zero-order valence-electron chi connectivity index (χ0n) is 29.8. The molecule has 0 saturated carbocycles. The molecular weight excluding hydrogens is 703 g/mol. The molecule has 0 radical (unpaired) electrons.